The molecule has 3 nitrogen and oxygen atoms in total. The molecular weight excluding hydrogens is 254 g/mol. The number of fused-ring (bicyclic) bond motifs is 1. The third kappa shape index (κ3) is 2.85. The van der Waals surface area contributed by atoms with E-state index in [0.29, 0.717) is 0 Å². The van der Waals surface area contributed by atoms with E-state index in [9.17, 15) is 0 Å². The molecule has 2 aromatic heterocycles. The van der Waals surface area contributed by atoms with Gasteiger partial charge in [0.15, 0.2) is 0 Å². The summed E-state index contributed by atoms with van der Waals surface area (Å²) >= 11 is 1.74. The molecule has 0 atom stereocenters. The van der Waals surface area contributed by atoms with Crippen LogP contribution in [-0.4, -0.2) is 16.5 Å². The monoisotopic (exact) mass is 271 g/mol. The number of aromatic nitrogens is 2. The Hall–Kier alpha value is -1.65. The van der Waals surface area contributed by atoms with E-state index in [1.54, 1.807) is 11.3 Å². The molecule has 3 aromatic rings. The highest BCUT2D eigenvalue weighted by molar-refractivity contribution is 7.09. The Kier molecular flexibility index (Phi) is 3.62. The van der Waals surface area contributed by atoms with E-state index in [1.165, 1.54) is 21.5 Å². The average molecular weight is 271 g/mol. The van der Waals surface area contributed by atoms with Crippen LogP contribution < -0.4 is 5.32 Å². The maximum absolute atomic E-state index is 4.47. The van der Waals surface area contributed by atoms with E-state index in [0.717, 1.165) is 25.2 Å². The fourth-order valence-corrected chi connectivity index (χ4v) is 3.02. The number of aryl methyl sites for hydroxylation is 1. The zero-order valence-corrected chi connectivity index (χ0v) is 11.8. The second kappa shape index (κ2) is 5.55. The summed E-state index contributed by atoms with van der Waals surface area (Å²) in [5.41, 5.74) is 3.67. The van der Waals surface area contributed by atoms with Gasteiger partial charge in [0.1, 0.15) is 0 Å². The topological polar surface area (TPSA) is 40.7 Å². The van der Waals surface area contributed by atoms with Gasteiger partial charge in [-0.25, -0.2) is 4.98 Å². The van der Waals surface area contributed by atoms with Gasteiger partial charge in [0, 0.05) is 47.7 Å². The fraction of sp³-hybridized carbons (Fsp3) is 0.267. The van der Waals surface area contributed by atoms with Gasteiger partial charge in [-0.1, -0.05) is 12.1 Å². The summed E-state index contributed by atoms with van der Waals surface area (Å²) in [5.74, 6) is 0. The standard InChI is InChI=1S/C15H17N3S/c1-11-10-19-15(18-11)6-7-16-9-12-3-2-4-14-13(12)5-8-17-14/h2-5,8,10,16-17H,6-7,9H2,1H3. The van der Waals surface area contributed by atoms with E-state index in [1.807, 2.05) is 13.1 Å². The van der Waals surface area contributed by atoms with Crippen molar-refractivity contribution in [3.63, 3.8) is 0 Å². The summed E-state index contributed by atoms with van der Waals surface area (Å²) in [6.07, 6.45) is 2.99. The first-order valence-corrected chi connectivity index (χ1v) is 7.37. The Morgan fingerprint density at radius 1 is 1.32 bits per heavy atom. The van der Waals surface area contributed by atoms with Crippen molar-refractivity contribution in [3.05, 3.63) is 52.1 Å². The van der Waals surface area contributed by atoms with E-state index in [4.69, 9.17) is 0 Å². The van der Waals surface area contributed by atoms with Crippen LogP contribution in [0.15, 0.2) is 35.8 Å². The molecule has 0 radical (unpaired) electrons. The Labute approximate surface area is 116 Å². The summed E-state index contributed by atoms with van der Waals surface area (Å²) in [5, 5.41) is 8.12. The summed E-state index contributed by atoms with van der Waals surface area (Å²) < 4.78 is 0. The molecule has 0 bridgehead atoms. The molecule has 2 N–H and O–H groups in total. The zero-order valence-electron chi connectivity index (χ0n) is 10.9. The lowest BCUT2D eigenvalue weighted by molar-refractivity contribution is 0.687. The lowest BCUT2D eigenvalue weighted by atomic mass is 10.1. The first-order valence-electron chi connectivity index (χ1n) is 6.49. The van der Waals surface area contributed by atoms with Crippen molar-refractivity contribution in [2.24, 2.45) is 0 Å². The summed E-state index contributed by atoms with van der Waals surface area (Å²) in [6, 6.07) is 8.52. The van der Waals surface area contributed by atoms with Crippen LogP contribution >= 0.6 is 11.3 Å². The van der Waals surface area contributed by atoms with E-state index in [-0.39, 0.29) is 0 Å². The Bertz CT molecular complexity index is 669. The summed E-state index contributed by atoms with van der Waals surface area (Å²) in [7, 11) is 0. The van der Waals surface area contributed by atoms with Gasteiger partial charge in [0.05, 0.1) is 5.01 Å². The van der Waals surface area contributed by atoms with Gasteiger partial charge in [-0.05, 0) is 24.6 Å². The third-order valence-corrected chi connectivity index (χ3v) is 4.21. The van der Waals surface area contributed by atoms with Gasteiger partial charge in [-0.2, -0.15) is 0 Å². The molecule has 3 rings (SSSR count). The summed E-state index contributed by atoms with van der Waals surface area (Å²) in [6.45, 7) is 3.91. The van der Waals surface area contributed by atoms with Crippen LogP contribution in [0.2, 0.25) is 0 Å². The minimum Gasteiger partial charge on any atom is -0.361 e. The smallest absolute Gasteiger partial charge is 0.0940 e. The molecule has 4 heteroatoms. The number of nitrogens with one attached hydrogen (secondary N) is 2. The normalized spacial score (nSPS) is 11.2. The van der Waals surface area contributed by atoms with Crippen molar-refractivity contribution in [2.75, 3.05) is 6.54 Å². The van der Waals surface area contributed by atoms with Gasteiger partial charge in [-0.3, -0.25) is 0 Å². The molecule has 0 aliphatic heterocycles. The fourth-order valence-electron chi connectivity index (χ4n) is 2.24. The summed E-state index contributed by atoms with van der Waals surface area (Å²) in [4.78, 5) is 7.71. The van der Waals surface area contributed by atoms with E-state index in [2.05, 4.69) is 44.9 Å². The van der Waals surface area contributed by atoms with Gasteiger partial charge < -0.3 is 10.3 Å². The van der Waals surface area contributed by atoms with Crippen molar-refractivity contribution in [1.82, 2.24) is 15.3 Å². The second-order valence-corrected chi connectivity index (χ2v) is 5.61. The molecule has 0 aliphatic carbocycles. The molecule has 98 valence electrons. The molecule has 19 heavy (non-hydrogen) atoms. The average Bonchev–Trinajstić information content (AvgIpc) is 3.03. The molecule has 2 heterocycles. The van der Waals surface area contributed by atoms with Crippen LogP contribution in [0.1, 0.15) is 16.3 Å². The van der Waals surface area contributed by atoms with Crippen molar-refractivity contribution < 1.29 is 0 Å². The minimum atomic E-state index is 0.902. The lowest BCUT2D eigenvalue weighted by Crippen LogP contribution is -2.16. The number of hydrogen-bond donors (Lipinski definition) is 2. The highest BCUT2D eigenvalue weighted by atomic mass is 32.1. The van der Waals surface area contributed by atoms with E-state index < -0.39 is 0 Å². The highest BCUT2D eigenvalue weighted by Crippen LogP contribution is 2.17. The molecule has 0 spiro atoms. The van der Waals surface area contributed by atoms with Gasteiger partial charge >= 0.3 is 0 Å². The SMILES string of the molecule is Cc1csc(CCNCc2cccc3[nH]ccc23)n1. The van der Waals surface area contributed by atoms with Crippen molar-refractivity contribution in [3.8, 4) is 0 Å². The third-order valence-electron chi connectivity index (χ3n) is 3.18. The van der Waals surface area contributed by atoms with Crippen LogP contribution in [0.5, 0.6) is 0 Å². The molecule has 0 unspecified atom stereocenters. The predicted octanol–water partition coefficient (Wildman–Crippen LogP) is 3.27. The van der Waals surface area contributed by atoms with Crippen LogP contribution in [0.3, 0.4) is 0 Å². The lowest BCUT2D eigenvalue weighted by Gasteiger charge is -2.05. The number of thiazole rings is 1. The van der Waals surface area contributed by atoms with Gasteiger partial charge in [0.2, 0.25) is 0 Å². The molecule has 0 amide bonds. The largest absolute Gasteiger partial charge is 0.361 e. The highest BCUT2D eigenvalue weighted by Gasteiger charge is 2.02. The maximum Gasteiger partial charge on any atom is 0.0940 e. The van der Waals surface area contributed by atoms with Crippen molar-refractivity contribution in [2.45, 2.75) is 19.9 Å². The van der Waals surface area contributed by atoms with Crippen LogP contribution in [-0.2, 0) is 13.0 Å². The number of hydrogen-bond acceptors (Lipinski definition) is 3. The second-order valence-electron chi connectivity index (χ2n) is 4.67. The Balaban J connectivity index is 1.56. The number of benzene rings is 1. The minimum absolute atomic E-state index is 0.902. The van der Waals surface area contributed by atoms with Crippen LogP contribution in [0.25, 0.3) is 10.9 Å². The molecule has 1 aromatic carbocycles. The number of aromatic amines is 1. The van der Waals surface area contributed by atoms with Gasteiger partial charge in [-0.15, -0.1) is 11.3 Å². The van der Waals surface area contributed by atoms with Crippen LogP contribution in [0.4, 0.5) is 0 Å². The maximum atomic E-state index is 4.47. The number of rotatable bonds is 5. The molecule has 0 aliphatic rings. The number of H-pyrrole nitrogens is 1. The molecule has 0 saturated heterocycles. The molecule has 0 saturated carbocycles. The first kappa shape index (κ1) is 12.4. The number of nitrogens with zero attached hydrogens (tertiary/aromatic N) is 1. The van der Waals surface area contributed by atoms with E-state index >= 15 is 0 Å². The molecular formula is C15H17N3S. The zero-order chi connectivity index (χ0) is 13.1. The Morgan fingerprint density at radius 2 is 2.26 bits per heavy atom. The first-order chi connectivity index (χ1) is 9.33. The van der Waals surface area contributed by atoms with Crippen molar-refractivity contribution in [1.29, 1.82) is 0 Å². The van der Waals surface area contributed by atoms with Crippen LogP contribution in [0, 0.1) is 6.92 Å². The Morgan fingerprint density at radius 3 is 3.11 bits per heavy atom. The predicted molar refractivity (Wildman–Crippen MR) is 80.6 cm³/mol. The van der Waals surface area contributed by atoms with Crippen molar-refractivity contribution >= 4 is 22.2 Å². The van der Waals surface area contributed by atoms with Gasteiger partial charge in [0.25, 0.3) is 0 Å². The molecule has 0 fully saturated rings. The quantitative estimate of drug-likeness (QED) is 0.699.